The van der Waals surface area contributed by atoms with Gasteiger partial charge in [-0.3, -0.25) is 4.79 Å². The molecule has 4 nitrogen and oxygen atoms in total. The number of hydrogen-bond acceptors (Lipinski definition) is 4. The highest BCUT2D eigenvalue weighted by molar-refractivity contribution is 7.99. The Hall–Kier alpha value is -1.40. The van der Waals surface area contributed by atoms with Crippen molar-refractivity contribution in [2.45, 2.75) is 24.4 Å². The van der Waals surface area contributed by atoms with Gasteiger partial charge in [0, 0.05) is 22.2 Å². The number of carbonyl (C=O) groups excluding carboxylic acids is 1. The zero-order chi connectivity index (χ0) is 17.4. The molecule has 7 heteroatoms. The maximum Gasteiger partial charge on any atom is 0.236 e. The van der Waals surface area contributed by atoms with Gasteiger partial charge in [0.2, 0.25) is 5.91 Å². The van der Waals surface area contributed by atoms with Gasteiger partial charge in [0.1, 0.15) is 5.75 Å². The highest BCUT2D eigenvalue weighted by atomic mass is 35.5. The molecule has 0 spiro atoms. The average molecular weight is 401 g/mol. The standard InChI is InChI=1S/C18H21ClN2O2S.ClH/c1-13(20)18(22)21-12-14-2-6-16(7-3-14)23-10-11-24-17-8-4-15(19)5-9-17;/h2-9,13H,10-12,20H2,1H3,(H,21,22);1H/t13-;/m1./s1. The summed E-state index contributed by atoms with van der Waals surface area (Å²) in [6.45, 7) is 2.75. The second-order valence-electron chi connectivity index (χ2n) is 5.30. The molecular formula is C18H22Cl2N2O2S. The Bertz CT molecular complexity index is 649. The Morgan fingerprint density at radius 2 is 1.84 bits per heavy atom. The van der Waals surface area contributed by atoms with Crippen molar-refractivity contribution in [1.29, 1.82) is 0 Å². The van der Waals surface area contributed by atoms with Crippen LogP contribution < -0.4 is 15.8 Å². The lowest BCUT2D eigenvalue weighted by Gasteiger charge is -2.09. The van der Waals surface area contributed by atoms with Crippen molar-refractivity contribution in [1.82, 2.24) is 5.32 Å². The fourth-order valence-corrected chi connectivity index (χ4v) is 2.76. The van der Waals surface area contributed by atoms with Crippen LogP contribution in [0.15, 0.2) is 53.4 Å². The van der Waals surface area contributed by atoms with Gasteiger partial charge in [-0.2, -0.15) is 0 Å². The average Bonchev–Trinajstić information content (AvgIpc) is 2.59. The Labute approximate surface area is 163 Å². The summed E-state index contributed by atoms with van der Waals surface area (Å²) in [6.07, 6.45) is 0. The SMILES string of the molecule is C[C@@H](N)C(=O)NCc1ccc(OCCSc2ccc(Cl)cc2)cc1.Cl. The van der Waals surface area contributed by atoms with Crippen LogP contribution in [0.4, 0.5) is 0 Å². The van der Waals surface area contributed by atoms with E-state index in [1.54, 1.807) is 18.7 Å². The van der Waals surface area contributed by atoms with E-state index < -0.39 is 6.04 Å². The van der Waals surface area contributed by atoms with E-state index in [0.717, 1.165) is 22.1 Å². The van der Waals surface area contributed by atoms with Crippen molar-refractivity contribution in [2.75, 3.05) is 12.4 Å². The monoisotopic (exact) mass is 400 g/mol. The quantitative estimate of drug-likeness (QED) is 0.520. The Balaban J connectivity index is 0.00000312. The highest BCUT2D eigenvalue weighted by Gasteiger charge is 2.06. The first kappa shape index (κ1) is 21.6. The molecule has 1 amide bonds. The van der Waals surface area contributed by atoms with Crippen molar-refractivity contribution in [2.24, 2.45) is 5.73 Å². The van der Waals surface area contributed by atoms with Crippen LogP contribution in [0.2, 0.25) is 5.02 Å². The maximum absolute atomic E-state index is 11.4. The van der Waals surface area contributed by atoms with Crippen molar-refractivity contribution >= 4 is 41.7 Å². The van der Waals surface area contributed by atoms with E-state index in [4.69, 9.17) is 22.1 Å². The van der Waals surface area contributed by atoms with Gasteiger partial charge in [-0.15, -0.1) is 24.2 Å². The van der Waals surface area contributed by atoms with Gasteiger partial charge in [-0.1, -0.05) is 23.7 Å². The second-order valence-corrected chi connectivity index (χ2v) is 6.91. The van der Waals surface area contributed by atoms with Gasteiger partial charge in [0.15, 0.2) is 0 Å². The number of amides is 1. The van der Waals surface area contributed by atoms with Gasteiger partial charge >= 0.3 is 0 Å². The van der Waals surface area contributed by atoms with Crippen LogP contribution >= 0.6 is 35.8 Å². The van der Waals surface area contributed by atoms with Crippen LogP contribution in [0.1, 0.15) is 12.5 Å². The first-order chi connectivity index (χ1) is 11.5. The number of ether oxygens (including phenoxy) is 1. The van der Waals surface area contributed by atoms with Gasteiger partial charge in [0.25, 0.3) is 0 Å². The van der Waals surface area contributed by atoms with E-state index in [2.05, 4.69) is 5.32 Å². The third-order valence-corrected chi connectivity index (χ3v) is 4.47. The van der Waals surface area contributed by atoms with Gasteiger partial charge in [-0.25, -0.2) is 0 Å². The summed E-state index contributed by atoms with van der Waals surface area (Å²) in [6, 6.07) is 14.9. The molecular weight excluding hydrogens is 379 g/mol. The predicted molar refractivity (Wildman–Crippen MR) is 107 cm³/mol. The van der Waals surface area contributed by atoms with Crippen LogP contribution in [0, 0.1) is 0 Å². The molecule has 0 aliphatic carbocycles. The minimum absolute atomic E-state index is 0. The summed E-state index contributed by atoms with van der Waals surface area (Å²) in [4.78, 5) is 12.6. The summed E-state index contributed by atoms with van der Waals surface area (Å²) < 4.78 is 5.72. The molecule has 0 aromatic heterocycles. The summed E-state index contributed by atoms with van der Waals surface area (Å²) in [5.74, 6) is 1.51. The Kier molecular flexibility index (Phi) is 9.75. The third kappa shape index (κ3) is 8.01. The molecule has 0 radical (unpaired) electrons. The second kappa shape index (κ2) is 11.3. The zero-order valence-corrected chi connectivity index (χ0v) is 16.3. The maximum atomic E-state index is 11.4. The highest BCUT2D eigenvalue weighted by Crippen LogP contribution is 2.20. The molecule has 2 aromatic rings. The zero-order valence-electron chi connectivity index (χ0n) is 13.9. The van der Waals surface area contributed by atoms with Crippen LogP contribution in [-0.2, 0) is 11.3 Å². The van der Waals surface area contributed by atoms with Crippen molar-refractivity contribution in [3.8, 4) is 5.75 Å². The molecule has 0 heterocycles. The number of carbonyl (C=O) groups is 1. The van der Waals surface area contributed by atoms with Crippen LogP contribution in [0.3, 0.4) is 0 Å². The molecule has 25 heavy (non-hydrogen) atoms. The van der Waals surface area contributed by atoms with Crippen LogP contribution in [0.25, 0.3) is 0 Å². The third-order valence-electron chi connectivity index (χ3n) is 3.24. The van der Waals surface area contributed by atoms with E-state index in [-0.39, 0.29) is 18.3 Å². The lowest BCUT2D eigenvalue weighted by atomic mass is 10.2. The molecule has 2 rings (SSSR count). The van der Waals surface area contributed by atoms with Crippen molar-refractivity contribution < 1.29 is 9.53 Å². The fraction of sp³-hybridized carbons (Fsp3) is 0.278. The number of nitrogens with one attached hydrogen (secondary N) is 1. The number of halogens is 2. The molecule has 0 saturated carbocycles. The Morgan fingerprint density at radius 3 is 2.44 bits per heavy atom. The minimum atomic E-state index is -0.495. The number of rotatable bonds is 8. The van der Waals surface area contributed by atoms with Crippen LogP contribution in [0.5, 0.6) is 5.75 Å². The topological polar surface area (TPSA) is 64.4 Å². The lowest BCUT2D eigenvalue weighted by Crippen LogP contribution is -2.37. The molecule has 0 fully saturated rings. The largest absolute Gasteiger partial charge is 0.493 e. The normalized spacial score (nSPS) is 11.3. The van der Waals surface area contributed by atoms with Crippen molar-refractivity contribution in [3.63, 3.8) is 0 Å². The van der Waals surface area contributed by atoms with Crippen molar-refractivity contribution in [3.05, 3.63) is 59.1 Å². The molecule has 0 aliphatic heterocycles. The van der Waals surface area contributed by atoms with E-state index in [0.29, 0.717) is 13.2 Å². The molecule has 0 unspecified atom stereocenters. The van der Waals surface area contributed by atoms with E-state index >= 15 is 0 Å². The molecule has 3 N–H and O–H groups in total. The molecule has 0 saturated heterocycles. The molecule has 1 atom stereocenters. The fourth-order valence-electron chi connectivity index (χ4n) is 1.90. The van der Waals surface area contributed by atoms with Gasteiger partial charge < -0.3 is 15.8 Å². The van der Waals surface area contributed by atoms with Crippen LogP contribution in [-0.4, -0.2) is 24.3 Å². The molecule has 2 aromatic carbocycles. The number of benzene rings is 2. The van der Waals surface area contributed by atoms with Gasteiger partial charge in [-0.05, 0) is 48.9 Å². The van der Waals surface area contributed by atoms with E-state index in [1.807, 2.05) is 48.5 Å². The molecule has 136 valence electrons. The summed E-state index contributed by atoms with van der Waals surface area (Å²) in [5, 5.41) is 3.52. The Morgan fingerprint density at radius 1 is 1.20 bits per heavy atom. The number of nitrogens with two attached hydrogens (primary N) is 1. The first-order valence-electron chi connectivity index (χ1n) is 7.68. The van der Waals surface area contributed by atoms with Gasteiger partial charge in [0.05, 0.1) is 12.6 Å². The number of thioether (sulfide) groups is 1. The first-order valence-corrected chi connectivity index (χ1v) is 9.04. The summed E-state index contributed by atoms with van der Waals surface area (Å²) >= 11 is 7.58. The van der Waals surface area contributed by atoms with E-state index in [9.17, 15) is 4.79 Å². The summed E-state index contributed by atoms with van der Waals surface area (Å²) in [5.41, 5.74) is 6.51. The molecule has 0 aliphatic rings. The summed E-state index contributed by atoms with van der Waals surface area (Å²) in [7, 11) is 0. The van der Waals surface area contributed by atoms with E-state index in [1.165, 1.54) is 4.90 Å². The minimum Gasteiger partial charge on any atom is -0.493 e. The lowest BCUT2D eigenvalue weighted by molar-refractivity contribution is -0.122. The molecule has 0 bridgehead atoms. The smallest absolute Gasteiger partial charge is 0.236 e. The number of hydrogen-bond donors (Lipinski definition) is 2. The predicted octanol–water partition coefficient (Wildman–Crippen LogP) is 3.90.